The minimum atomic E-state index is 0.0321. The molecule has 0 atom stereocenters. The first-order valence-corrected chi connectivity index (χ1v) is 5.28. The van der Waals surface area contributed by atoms with Gasteiger partial charge in [-0.25, -0.2) is 4.98 Å². The number of nitriles is 1. The van der Waals surface area contributed by atoms with E-state index in [4.69, 9.17) is 10.4 Å². The molecular weight excluding hydrogens is 202 g/mol. The van der Waals surface area contributed by atoms with Crippen molar-refractivity contribution in [1.29, 1.82) is 5.26 Å². The van der Waals surface area contributed by atoms with Gasteiger partial charge < -0.3 is 10.4 Å². The summed E-state index contributed by atoms with van der Waals surface area (Å²) in [4.78, 5) is 4.12. The van der Waals surface area contributed by atoms with Crippen LogP contribution in [0.2, 0.25) is 0 Å². The number of aliphatic hydroxyl groups is 1. The van der Waals surface area contributed by atoms with E-state index in [1.54, 1.807) is 18.3 Å². The molecule has 0 saturated carbocycles. The summed E-state index contributed by atoms with van der Waals surface area (Å²) in [7, 11) is 0. The quantitative estimate of drug-likeness (QED) is 0.792. The lowest BCUT2D eigenvalue weighted by atomic mass is 9.90. The standard InChI is InChI=1S/C12H17N3O/c1-12(2,5-6-16)9-15-11-4-3-10(7-13)8-14-11/h3-4,8,16H,5-6,9H2,1-2H3,(H,14,15). The lowest BCUT2D eigenvalue weighted by molar-refractivity contribution is 0.220. The fraction of sp³-hybridized carbons (Fsp3) is 0.500. The Morgan fingerprint density at radius 3 is 2.75 bits per heavy atom. The zero-order valence-corrected chi connectivity index (χ0v) is 9.70. The number of hydrogen-bond donors (Lipinski definition) is 2. The normalized spacial score (nSPS) is 10.9. The fourth-order valence-corrected chi connectivity index (χ4v) is 1.29. The van der Waals surface area contributed by atoms with Gasteiger partial charge in [0.15, 0.2) is 0 Å². The summed E-state index contributed by atoms with van der Waals surface area (Å²) in [6.45, 7) is 5.10. The molecule has 86 valence electrons. The van der Waals surface area contributed by atoms with Crippen LogP contribution in [0.5, 0.6) is 0 Å². The smallest absolute Gasteiger partial charge is 0.125 e. The zero-order valence-electron chi connectivity index (χ0n) is 9.70. The third-order valence-corrected chi connectivity index (χ3v) is 2.43. The number of pyridine rings is 1. The van der Waals surface area contributed by atoms with E-state index >= 15 is 0 Å². The van der Waals surface area contributed by atoms with Crippen LogP contribution in [0.4, 0.5) is 5.82 Å². The van der Waals surface area contributed by atoms with Crippen molar-refractivity contribution in [3.8, 4) is 6.07 Å². The van der Waals surface area contributed by atoms with E-state index in [0.717, 1.165) is 18.8 Å². The second-order valence-corrected chi connectivity index (χ2v) is 4.54. The van der Waals surface area contributed by atoms with Crippen LogP contribution in [-0.4, -0.2) is 23.2 Å². The third kappa shape index (κ3) is 3.87. The van der Waals surface area contributed by atoms with Gasteiger partial charge in [-0.2, -0.15) is 5.26 Å². The third-order valence-electron chi connectivity index (χ3n) is 2.43. The average Bonchev–Trinajstić information content (AvgIpc) is 2.27. The summed E-state index contributed by atoms with van der Waals surface area (Å²) in [6, 6.07) is 5.54. The molecule has 0 aromatic carbocycles. The molecule has 1 aromatic rings. The summed E-state index contributed by atoms with van der Waals surface area (Å²) in [5.74, 6) is 0.755. The molecule has 0 fully saturated rings. The second kappa shape index (κ2) is 5.47. The van der Waals surface area contributed by atoms with E-state index in [2.05, 4.69) is 24.1 Å². The van der Waals surface area contributed by atoms with Crippen molar-refractivity contribution in [3.63, 3.8) is 0 Å². The maximum atomic E-state index is 8.89. The Hall–Kier alpha value is -1.60. The van der Waals surface area contributed by atoms with Gasteiger partial charge in [0.25, 0.3) is 0 Å². The topological polar surface area (TPSA) is 68.9 Å². The molecule has 0 saturated heterocycles. The van der Waals surface area contributed by atoms with Crippen LogP contribution >= 0.6 is 0 Å². The highest BCUT2D eigenvalue weighted by molar-refractivity contribution is 5.39. The number of hydrogen-bond acceptors (Lipinski definition) is 4. The Bertz CT molecular complexity index is 365. The van der Waals surface area contributed by atoms with Gasteiger partial charge >= 0.3 is 0 Å². The molecule has 0 bridgehead atoms. The van der Waals surface area contributed by atoms with Gasteiger partial charge in [-0.05, 0) is 24.0 Å². The number of rotatable bonds is 5. The maximum absolute atomic E-state index is 8.89. The molecule has 16 heavy (non-hydrogen) atoms. The van der Waals surface area contributed by atoms with E-state index in [1.807, 2.05) is 6.07 Å². The summed E-state index contributed by atoms with van der Waals surface area (Å²) in [5, 5.41) is 20.7. The van der Waals surface area contributed by atoms with Crippen molar-refractivity contribution >= 4 is 5.82 Å². The van der Waals surface area contributed by atoms with Crippen LogP contribution in [0.3, 0.4) is 0 Å². The van der Waals surface area contributed by atoms with E-state index in [-0.39, 0.29) is 12.0 Å². The lowest BCUT2D eigenvalue weighted by Crippen LogP contribution is -2.24. The highest BCUT2D eigenvalue weighted by atomic mass is 16.3. The van der Waals surface area contributed by atoms with Crippen molar-refractivity contribution < 1.29 is 5.11 Å². The molecule has 1 heterocycles. The molecule has 0 spiro atoms. The predicted octanol–water partition coefficient (Wildman–Crippen LogP) is 1.77. The number of nitrogens with zero attached hydrogens (tertiary/aromatic N) is 2. The monoisotopic (exact) mass is 219 g/mol. The van der Waals surface area contributed by atoms with E-state index in [1.165, 1.54) is 0 Å². The summed E-state index contributed by atoms with van der Waals surface area (Å²) in [5.41, 5.74) is 0.588. The molecule has 0 unspecified atom stereocenters. The Kier molecular flexibility index (Phi) is 4.27. The number of aromatic nitrogens is 1. The van der Waals surface area contributed by atoms with Crippen molar-refractivity contribution in [2.75, 3.05) is 18.5 Å². The fourth-order valence-electron chi connectivity index (χ4n) is 1.29. The molecular formula is C12H17N3O. The maximum Gasteiger partial charge on any atom is 0.125 e. The van der Waals surface area contributed by atoms with E-state index in [0.29, 0.717) is 5.56 Å². The lowest BCUT2D eigenvalue weighted by Gasteiger charge is -2.24. The van der Waals surface area contributed by atoms with Crippen LogP contribution < -0.4 is 5.32 Å². The summed E-state index contributed by atoms with van der Waals surface area (Å²) < 4.78 is 0. The Morgan fingerprint density at radius 2 is 2.25 bits per heavy atom. The predicted molar refractivity (Wildman–Crippen MR) is 62.9 cm³/mol. The van der Waals surface area contributed by atoms with Crippen LogP contribution in [0.25, 0.3) is 0 Å². The molecule has 0 aliphatic heterocycles. The van der Waals surface area contributed by atoms with Gasteiger partial charge in [-0.15, -0.1) is 0 Å². The van der Waals surface area contributed by atoms with Gasteiger partial charge in [0.1, 0.15) is 11.9 Å². The molecule has 0 radical (unpaired) electrons. The minimum absolute atomic E-state index is 0.0321. The summed E-state index contributed by atoms with van der Waals surface area (Å²) >= 11 is 0. The van der Waals surface area contributed by atoms with Gasteiger partial charge in [0.2, 0.25) is 0 Å². The van der Waals surface area contributed by atoms with Crippen LogP contribution in [0, 0.1) is 16.7 Å². The first-order chi connectivity index (χ1) is 7.57. The largest absolute Gasteiger partial charge is 0.396 e. The van der Waals surface area contributed by atoms with E-state index in [9.17, 15) is 0 Å². The first kappa shape index (κ1) is 12.5. The van der Waals surface area contributed by atoms with Gasteiger partial charge in [-0.3, -0.25) is 0 Å². The summed E-state index contributed by atoms with van der Waals surface area (Å²) in [6.07, 6.45) is 2.29. The van der Waals surface area contributed by atoms with Crippen LogP contribution in [0.1, 0.15) is 25.8 Å². The Labute approximate surface area is 95.9 Å². The first-order valence-electron chi connectivity index (χ1n) is 5.28. The second-order valence-electron chi connectivity index (χ2n) is 4.54. The van der Waals surface area contributed by atoms with Gasteiger partial charge in [-0.1, -0.05) is 13.8 Å². The zero-order chi connectivity index (χ0) is 12.0. The molecule has 1 aromatic heterocycles. The van der Waals surface area contributed by atoms with Crippen LogP contribution in [-0.2, 0) is 0 Å². The van der Waals surface area contributed by atoms with Crippen molar-refractivity contribution in [2.24, 2.45) is 5.41 Å². The molecule has 4 nitrogen and oxygen atoms in total. The SMILES string of the molecule is CC(C)(CCO)CNc1ccc(C#N)cn1. The molecule has 1 rings (SSSR count). The number of nitrogens with one attached hydrogen (secondary N) is 1. The van der Waals surface area contributed by atoms with E-state index < -0.39 is 0 Å². The molecule has 0 aliphatic carbocycles. The molecule has 0 amide bonds. The van der Waals surface area contributed by atoms with Crippen molar-refractivity contribution in [2.45, 2.75) is 20.3 Å². The minimum Gasteiger partial charge on any atom is -0.396 e. The molecule has 4 heteroatoms. The average molecular weight is 219 g/mol. The highest BCUT2D eigenvalue weighted by Gasteiger charge is 2.16. The molecule has 2 N–H and O–H groups in total. The number of anilines is 1. The van der Waals surface area contributed by atoms with Crippen molar-refractivity contribution in [3.05, 3.63) is 23.9 Å². The Morgan fingerprint density at radius 1 is 1.50 bits per heavy atom. The van der Waals surface area contributed by atoms with Gasteiger partial charge in [0, 0.05) is 19.3 Å². The van der Waals surface area contributed by atoms with Crippen molar-refractivity contribution in [1.82, 2.24) is 4.98 Å². The highest BCUT2D eigenvalue weighted by Crippen LogP contribution is 2.20. The Balaban J connectivity index is 2.52. The number of aliphatic hydroxyl groups excluding tert-OH is 1. The van der Waals surface area contributed by atoms with Crippen LogP contribution in [0.15, 0.2) is 18.3 Å². The molecule has 0 aliphatic rings. The van der Waals surface area contributed by atoms with Gasteiger partial charge in [0.05, 0.1) is 5.56 Å².